The largest absolute Gasteiger partial charge is 0.279 e. The van der Waals surface area contributed by atoms with Gasteiger partial charge in [-0.15, -0.1) is 0 Å². The van der Waals surface area contributed by atoms with Crippen molar-refractivity contribution in [3.8, 4) is 11.1 Å². The van der Waals surface area contributed by atoms with Crippen LogP contribution in [0.2, 0.25) is 0 Å². The maximum Gasteiger partial charge on any atom is 0.261 e. The molecule has 1 N–H and O–H groups in total. The van der Waals surface area contributed by atoms with Crippen molar-refractivity contribution in [3.05, 3.63) is 83.4 Å². The predicted octanol–water partition coefficient (Wildman–Crippen LogP) is 5.08. The molecule has 128 valence electrons. The molecule has 0 spiro atoms. The lowest BCUT2D eigenvalue weighted by molar-refractivity contribution is 0.601. The van der Waals surface area contributed by atoms with Gasteiger partial charge in [-0.1, -0.05) is 54.1 Å². The molecule has 0 amide bonds. The molecule has 0 saturated carbocycles. The third-order valence-electron chi connectivity index (χ3n) is 4.32. The van der Waals surface area contributed by atoms with Gasteiger partial charge in [-0.25, -0.2) is 8.42 Å². The Hall–Kier alpha value is -2.59. The van der Waals surface area contributed by atoms with E-state index >= 15 is 0 Å². The summed E-state index contributed by atoms with van der Waals surface area (Å²) in [6.07, 6.45) is 0. The molecular weight excluding hydrogens is 330 g/mol. The predicted molar refractivity (Wildman–Crippen MR) is 103 cm³/mol. The normalized spacial score (nSPS) is 11.3. The van der Waals surface area contributed by atoms with Crippen LogP contribution >= 0.6 is 0 Å². The average Bonchev–Trinajstić information content (AvgIpc) is 2.58. The Morgan fingerprint density at radius 1 is 0.760 bits per heavy atom. The van der Waals surface area contributed by atoms with Crippen molar-refractivity contribution in [2.45, 2.75) is 25.7 Å². The quantitative estimate of drug-likeness (QED) is 0.712. The summed E-state index contributed by atoms with van der Waals surface area (Å²) in [7, 11) is -3.63. The SMILES string of the molecule is Cc1ccc(S(=O)(=O)Nc2ccccc2-c2ccc(C)c(C)c2)cc1. The molecule has 3 rings (SSSR count). The molecule has 0 fully saturated rings. The van der Waals surface area contributed by atoms with E-state index < -0.39 is 10.0 Å². The average molecular weight is 351 g/mol. The summed E-state index contributed by atoms with van der Waals surface area (Å²) >= 11 is 0. The van der Waals surface area contributed by atoms with E-state index in [0.717, 1.165) is 16.7 Å². The van der Waals surface area contributed by atoms with E-state index in [1.165, 1.54) is 11.1 Å². The first-order valence-corrected chi connectivity index (χ1v) is 9.61. The number of para-hydroxylation sites is 1. The van der Waals surface area contributed by atoms with Crippen LogP contribution in [0.15, 0.2) is 71.6 Å². The summed E-state index contributed by atoms with van der Waals surface area (Å²) in [5, 5.41) is 0. The van der Waals surface area contributed by atoms with Crippen LogP contribution in [0.25, 0.3) is 11.1 Å². The second kappa shape index (κ2) is 6.73. The molecule has 0 aliphatic rings. The lowest BCUT2D eigenvalue weighted by Crippen LogP contribution is -2.13. The van der Waals surface area contributed by atoms with E-state index in [9.17, 15) is 8.42 Å². The van der Waals surface area contributed by atoms with Crippen molar-refractivity contribution in [2.24, 2.45) is 0 Å². The molecule has 3 nitrogen and oxygen atoms in total. The fourth-order valence-electron chi connectivity index (χ4n) is 2.65. The fourth-order valence-corrected chi connectivity index (χ4v) is 3.73. The minimum Gasteiger partial charge on any atom is -0.279 e. The molecule has 0 bridgehead atoms. The maximum atomic E-state index is 12.7. The molecule has 0 aromatic heterocycles. The molecule has 0 aliphatic heterocycles. The van der Waals surface area contributed by atoms with Gasteiger partial charge in [-0.05, 0) is 55.7 Å². The molecule has 0 unspecified atom stereocenters. The number of nitrogens with one attached hydrogen (secondary N) is 1. The molecule has 0 saturated heterocycles. The third kappa shape index (κ3) is 3.74. The Morgan fingerprint density at radius 3 is 2.12 bits per heavy atom. The van der Waals surface area contributed by atoms with Gasteiger partial charge in [-0.3, -0.25) is 4.72 Å². The van der Waals surface area contributed by atoms with E-state index in [-0.39, 0.29) is 4.90 Å². The van der Waals surface area contributed by atoms with Gasteiger partial charge in [0.25, 0.3) is 10.0 Å². The third-order valence-corrected chi connectivity index (χ3v) is 5.70. The Morgan fingerprint density at radius 2 is 1.44 bits per heavy atom. The molecule has 25 heavy (non-hydrogen) atoms. The van der Waals surface area contributed by atoms with Crippen molar-refractivity contribution < 1.29 is 8.42 Å². The van der Waals surface area contributed by atoms with Crippen LogP contribution in [0.1, 0.15) is 16.7 Å². The van der Waals surface area contributed by atoms with Crippen LogP contribution in [0.5, 0.6) is 0 Å². The maximum absolute atomic E-state index is 12.7. The van der Waals surface area contributed by atoms with Crippen molar-refractivity contribution in [2.75, 3.05) is 4.72 Å². The minimum atomic E-state index is -3.63. The van der Waals surface area contributed by atoms with Gasteiger partial charge in [0, 0.05) is 5.56 Å². The highest BCUT2D eigenvalue weighted by molar-refractivity contribution is 7.92. The summed E-state index contributed by atoms with van der Waals surface area (Å²) in [4.78, 5) is 0.257. The van der Waals surface area contributed by atoms with Crippen LogP contribution in [-0.4, -0.2) is 8.42 Å². The van der Waals surface area contributed by atoms with Gasteiger partial charge in [0.15, 0.2) is 0 Å². The standard InChI is InChI=1S/C21H21NO2S/c1-15-8-12-19(13-9-15)25(23,24)22-21-7-5-4-6-20(21)18-11-10-16(2)17(3)14-18/h4-14,22H,1-3H3. The van der Waals surface area contributed by atoms with E-state index in [1.807, 2.05) is 31.2 Å². The number of benzene rings is 3. The van der Waals surface area contributed by atoms with Crippen LogP contribution in [0.3, 0.4) is 0 Å². The summed E-state index contributed by atoms with van der Waals surface area (Å²) in [5.41, 5.74) is 5.84. The monoisotopic (exact) mass is 351 g/mol. The minimum absolute atomic E-state index is 0.257. The van der Waals surface area contributed by atoms with Crippen LogP contribution in [0, 0.1) is 20.8 Å². The Kier molecular flexibility index (Phi) is 4.64. The van der Waals surface area contributed by atoms with Gasteiger partial charge < -0.3 is 0 Å². The smallest absolute Gasteiger partial charge is 0.261 e. The van der Waals surface area contributed by atoms with Crippen molar-refractivity contribution in [3.63, 3.8) is 0 Å². The van der Waals surface area contributed by atoms with Gasteiger partial charge >= 0.3 is 0 Å². The van der Waals surface area contributed by atoms with Crippen molar-refractivity contribution >= 4 is 15.7 Å². The molecule has 0 aliphatic carbocycles. The number of aryl methyl sites for hydroxylation is 3. The topological polar surface area (TPSA) is 46.2 Å². The fraction of sp³-hybridized carbons (Fsp3) is 0.143. The van der Waals surface area contributed by atoms with Crippen LogP contribution < -0.4 is 4.72 Å². The molecule has 0 atom stereocenters. The Bertz CT molecular complexity index is 1010. The number of hydrogen-bond donors (Lipinski definition) is 1. The molecule has 0 heterocycles. The highest BCUT2D eigenvalue weighted by Gasteiger charge is 2.16. The van der Waals surface area contributed by atoms with Crippen LogP contribution in [-0.2, 0) is 10.0 Å². The molecular formula is C21H21NO2S. The van der Waals surface area contributed by atoms with Gasteiger partial charge in [0.2, 0.25) is 0 Å². The second-order valence-corrected chi connectivity index (χ2v) is 7.95. The first-order chi connectivity index (χ1) is 11.9. The van der Waals surface area contributed by atoms with E-state index in [4.69, 9.17) is 0 Å². The number of hydrogen-bond acceptors (Lipinski definition) is 2. The highest BCUT2D eigenvalue weighted by Crippen LogP contribution is 2.30. The number of rotatable bonds is 4. The molecule has 0 radical (unpaired) electrons. The zero-order valence-electron chi connectivity index (χ0n) is 14.6. The van der Waals surface area contributed by atoms with Gasteiger partial charge in [0.05, 0.1) is 10.6 Å². The first kappa shape index (κ1) is 17.2. The molecule has 3 aromatic carbocycles. The summed E-state index contributed by atoms with van der Waals surface area (Å²) in [5.74, 6) is 0. The summed E-state index contributed by atoms with van der Waals surface area (Å²) < 4.78 is 28.1. The summed E-state index contributed by atoms with van der Waals surface area (Å²) in [6.45, 7) is 6.04. The Labute approximate surface area is 149 Å². The lowest BCUT2D eigenvalue weighted by Gasteiger charge is -2.14. The molecule has 3 aromatic rings. The zero-order valence-corrected chi connectivity index (χ0v) is 15.4. The second-order valence-electron chi connectivity index (χ2n) is 6.26. The summed E-state index contributed by atoms with van der Waals surface area (Å²) in [6, 6.07) is 20.4. The highest BCUT2D eigenvalue weighted by atomic mass is 32.2. The first-order valence-electron chi connectivity index (χ1n) is 8.13. The Balaban J connectivity index is 2.01. The van der Waals surface area contributed by atoms with Crippen molar-refractivity contribution in [1.29, 1.82) is 0 Å². The van der Waals surface area contributed by atoms with E-state index in [1.54, 1.807) is 30.3 Å². The van der Waals surface area contributed by atoms with Gasteiger partial charge in [-0.2, -0.15) is 0 Å². The van der Waals surface area contributed by atoms with Gasteiger partial charge in [0.1, 0.15) is 0 Å². The molecule has 4 heteroatoms. The van der Waals surface area contributed by atoms with Crippen molar-refractivity contribution in [1.82, 2.24) is 0 Å². The lowest BCUT2D eigenvalue weighted by atomic mass is 9.99. The van der Waals surface area contributed by atoms with E-state index in [0.29, 0.717) is 5.69 Å². The zero-order chi connectivity index (χ0) is 18.0. The van der Waals surface area contributed by atoms with E-state index in [2.05, 4.69) is 30.7 Å². The van der Waals surface area contributed by atoms with Crippen LogP contribution in [0.4, 0.5) is 5.69 Å². The number of sulfonamides is 1. The number of anilines is 1.